The van der Waals surface area contributed by atoms with Gasteiger partial charge >= 0.3 is 5.69 Å². The number of rotatable bonds is 3. The summed E-state index contributed by atoms with van der Waals surface area (Å²) in [6.07, 6.45) is 1.57. The Morgan fingerprint density at radius 3 is 3.25 bits per heavy atom. The fourth-order valence-electron chi connectivity index (χ4n) is 1.39. The van der Waals surface area contributed by atoms with Gasteiger partial charge in [-0.05, 0) is 6.07 Å². The molecule has 2 heterocycles. The molecule has 7 nitrogen and oxygen atoms in total. The zero-order chi connectivity index (χ0) is 11.5. The summed E-state index contributed by atoms with van der Waals surface area (Å²) < 4.78 is 6.73. The third-order valence-corrected chi connectivity index (χ3v) is 3.39. The number of hydrogen-bond acceptors (Lipinski definition) is 7. The predicted octanol–water partition coefficient (Wildman–Crippen LogP) is 0.180. The van der Waals surface area contributed by atoms with E-state index in [1.807, 2.05) is 0 Å². The molecule has 1 aliphatic rings. The molecule has 2 rings (SSSR count). The summed E-state index contributed by atoms with van der Waals surface area (Å²) in [7, 11) is 0. The monoisotopic (exact) mass is 242 g/mol. The van der Waals surface area contributed by atoms with Crippen LogP contribution in [-0.4, -0.2) is 28.1 Å². The lowest BCUT2D eigenvalue weighted by Gasteiger charge is -2.10. The smallest absolute Gasteiger partial charge is 0.350 e. The minimum absolute atomic E-state index is 0.0817. The normalized spacial score (nSPS) is 24.5. The topological polar surface area (TPSA) is 99.6 Å². The molecule has 86 valence electrons. The van der Waals surface area contributed by atoms with Gasteiger partial charge in [-0.15, -0.1) is 11.8 Å². The van der Waals surface area contributed by atoms with Gasteiger partial charge in [0.15, 0.2) is 0 Å². The molecule has 2 atom stereocenters. The van der Waals surface area contributed by atoms with Gasteiger partial charge in [0.2, 0.25) is 0 Å². The van der Waals surface area contributed by atoms with Crippen molar-refractivity contribution in [3.63, 3.8) is 0 Å². The van der Waals surface area contributed by atoms with Crippen molar-refractivity contribution in [2.24, 2.45) is 5.18 Å². The van der Waals surface area contributed by atoms with Crippen LogP contribution in [0.15, 0.2) is 22.2 Å². The molecule has 0 aromatic carbocycles. The second-order valence-electron chi connectivity index (χ2n) is 3.21. The Hall–Kier alpha value is -1.41. The van der Waals surface area contributed by atoms with Crippen LogP contribution in [0, 0.1) is 4.91 Å². The largest absolute Gasteiger partial charge is 0.383 e. The van der Waals surface area contributed by atoms with Crippen molar-refractivity contribution in [2.45, 2.75) is 10.8 Å². The van der Waals surface area contributed by atoms with Crippen LogP contribution in [0.25, 0.3) is 0 Å². The first-order valence-corrected chi connectivity index (χ1v) is 5.56. The van der Waals surface area contributed by atoms with Gasteiger partial charge in [-0.3, -0.25) is 4.57 Å². The predicted molar refractivity (Wildman–Crippen MR) is 59.9 cm³/mol. The van der Waals surface area contributed by atoms with E-state index in [9.17, 15) is 9.70 Å². The lowest BCUT2D eigenvalue weighted by Crippen LogP contribution is -2.26. The van der Waals surface area contributed by atoms with Crippen molar-refractivity contribution in [2.75, 3.05) is 18.9 Å². The molecule has 0 radical (unpaired) electrons. The summed E-state index contributed by atoms with van der Waals surface area (Å²) in [6, 6.07) is 1.55. The molecule has 2 N–H and O–H groups in total. The number of aromatic nitrogens is 2. The first-order valence-electron chi connectivity index (χ1n) is 4.61. The minimum atomic E-state index is -0.416. The number of nitrogens with two attached hydrogens (primary N) is 1. The summed E-state index contributed by atoms with van der Waals surface area (Å²) in [6.45, 7) is 0.439. The zero-order valence-corrected chi connectivity index (χ0v) is 9.09. The van der Waals surface area contributed by atoms with Crippen LogP contribution < -0.4 is 11.4 Å². The van der Waals surface area contributed by atoms with E-state index in [2.05, 4.69) is 10.2 Å². The molecular formula is C8H10N4O3S. The van der Waals surface area contributed by atoms with Gasteiger partial charge in [0.25, 0.3) is 0 Å². The van der Waals surface area contributed by atoms with Crippen molar-refractivity contribution >= 4 is 17.6 Å². The van der Waals surface area contributed by atoms with Crippen LogP contribution in [0.2, 0.25) is 0 Å². The molecule has 0 spiro atoms. The van der Waals surface area contributed by atoms with Gasteiger partial charge in [-0.2, -0.15) is 9.89 Å². The zero-order valence-electron chi connectivity index (χ0n) is 8.28. The highest BCUT2D eigenvalue weighted by atomic mass is 32.2. The molecule has 0 aliphatic carbocycles. The van der Waals surface area contributed by atoms with Crippen LogP contribution in [-0.2, 0) is 4.74 Å². The maximum absolute atomic E-state index is 11.5. The molecule has 0 unspecified atom stereocenters. The Labute approximate surface area is 95.0 Å². The van der Waals surface area contributed by atoms with E-state index in [0.717, 1.165) is 0 Å². The van der Waals surface area contributed by atoms with Crippen molar-refractivity contribution in [3.8, 4) is 0 Å². The summed E-state index contributed by atoms with van der Waals surface area (Å²) in [5.41, 5.74) is 4.68. The van der Waals surface area contributed by atoms with Gasteiger partial charge in [0.05, 0.1) is 6.61 Å². The highest BCUT2D eigenvalue weighted by molar-refractivity contribution is 8.00. The average Bonchev–Trinajstić information content (AvgIpc) is 2.67. The SMILES string of the molecule is Nc1ccn([C@@H]2CO[C@H](CN=O)S2)c(=O)n1. The van der Waals surface area contributed by atoms with Crippen LogP contribution in [0.1, 0.15) is 5.37 Å². The maximum Gasteiger partial charge on any atom is 0.350 e. The fourth-order valence-corrected chi connectivity index (χ4v) is 2.49. The quantitative estimate of drug-likeness (QED) is 0.759. The Bertz CT molecular complexity index is 449. The summed E-state index contributed by atoms with van der Waals surface area (Å²) in [4.78, 5) is 25.2. The van der Waals surface area contributed by atoms with E-state index in [-0.39, 0.29) is 23.2 Å². The Morgan fingerprint density at radius 2 is 2.56 bits per heavy atom. The molecule has 0 amide bonds. The van der Waals surface area contributed by atoms with Crippen LogP contribution in [0.4, 0.5) is 5.82 Å². The van der Waals surface area contributed by atoms with Gasteiger partial charge in [0.1, 0.15) is 23.2 Å². The highest BCUT2D eigenvalue weighted by Gasteiger charge is 2.28. The standard InChI is InChI=1S/C8H10N4O3S/c9-5-1-2-12(8(13)11-5)6-4-15-7(16-6)3-10-14/h1-2,6-7H,3-4H2,(H2,9,11,13)/t6-,7-/m0/s1. The van der Waals surface area contributed by atoms with Crippen molar-refractivity contribution in [1.82, 2.24) is 9.55 Å². The second kappa shape index (κ2) is 4.62. The molecule has 16 heavy (non-hydrogen) atoms. The van der Waals surface area contributed by atoms with Crippen LogP contribution in [0.5, 0.6) is 0 Å². The average molecular weight is 242 g/mol. The number of hydrogen-bond donors (Lipinski definition) is 1. The first-order chi connectivity index (χ1) is 7.70. The summed E-state index contributed by atoms with van der Waals surface area (Å²) in [5, 5.41) is 2.59. The summed E-state index contributed by atoms with van der Waals surface area (Å²) in [5.74, 6) is 0.191. The van der Waals surface area contributed by atoms with Crippen molar-refractivity contribution < 1.29 is 4.74 Å². The molecule has 1 saturated heterocycles. The number of nitrogens with zero attached hydrogens (tertiary/aromatic N) is 3. The molecule has 1 aromatic heterocycles. The summed E-state index contributed by atoms with van der Waals surface area (Å²) >= 11 is 1.37. The van der Waals surface area contributed by atoms with Crippen LogP contribution >= 0.6 is 11.8 Å². The third-order valence-electron chi connectivity index (χ3n) is 2.12. The van der Waals surface area contributed by atoms with E-state index in [4.69, 9.17) is 10.5 Å². The lowest BCUT2D eigenvalue weighted by atomic mass is 10.5. The lowest BCUT2D eigenvalue weighted by molar-refractivity contribution is 0.130. The van der Waals surface area contributed by atoms with E-state index in [1.54, 1.807) is 12.3 Å². The van der Waals surface area contributed by atoms with Gasteiger partial charge in [0, 0.05) is 6.20 Å². The van der Waals surface area contributed by atoms with E-state index < -0.39 is 5.69 Å². The Balaban J connectivity index is 2.14. The van der Waals surface area contributed by atoms with Crippen molar-refractivity contribution in [3.05, 3.63) is 27.7 Å². The van der Waals surface area contributed by atoms with E-state index in [0.29, 0.717) is 6.61 Å². The van der Waals surface area contributed by atoms with Gasteiger partial charge < -0.3 is 10.5 Å². The fraction of sp³-hybridized carbons (Fsp3) is 0.500. The van der Waals surface area contributed by atoms with Crippen LogP contribution in [0.3, 0.4) is 0 Å². The number of anilines is 1. The number of nitrogen functional groups attached to an aromatic ring is 1. The van der Waals surface area contributed by atoms with Crippen molar-refractivity contribution in [1.29, 1.82) is 0 Å². The maximum atomic E-state index is 11.5. The molecular weight excluding hydrogens is 232 g/mol. The molecule has 8 heteroatoms. The second-order valence-corrected chi connectivity index (χ2v) is 4.55. The Morgan fingerprint density at radius 1 is 1.75 bits per heavy atom. The first kappa shape index (κ1) is 11.1. The molecule has 1 aromatic rings. The number of nitroso groups, excluding NO2 is 1. The van der Waals surface area contributed by atoms with Gasteiger partial charge in [-0.25, -0.2) is 4.79 Å². The highest BCUT2D eigenvalue weighted by Crippen LogP contribution is 2.34. The molecule has 1 aliphatic heterocycles. The van der Waals surface area contributed by atoms with E-state index in [1.165, 1.54) is 16.3 Å². The minimum Gasteiger partial charge on any atom is -0.383 e. The number of thioether (sulfide) groups is 1. The number of ether oxygens (including phenoxy) is 1. The van der Waals surface area contributed by atoms with Gasteiger partial charge in [-0.1, -0.05) is 5.18 Å². The third kappa shape index (κ3) is 2.22. The van der Waals surface area contributed by atoms with E-state index >= 15 is 0 Å². The Kier molecular flexibility index (Phi) is 3.20. The molecule has 1 fully saturated rings. The molecule has 0 saturated carbocycles. The molecule has 0 bridgehead atoms.